The summed E-state index contributed by atoms with van der Waals surface area (Å²) >= 11 is 0. The molecule has 1 N–H and O–H groups in total. The molecule has 7 heteroatoms. The number of esters is 1. The Morgan fingerprint density at radius 1 is 0.929 bits per heavy atom. The summed E-state index contributed by atoms with van der Waals surface area (Å²) < 4.78 is 5.01. The lowest BCUT2D eigenvalue weighted by Gasteiger charge is -2.21. The first kappa shape index (κ1) is 19.3. The fourth-order valence-electron chi connectivity index (χ4n) is 3.03. The molecule has 2 aromatic carbocycles. The summed E-state index contributed by atoms with van der Waals surface area (Å²) in [5, 5.41) is 2.73. The van der Waals surface area contributed by atoms with Crippen molar-refractivity contribution >= 4 is 23.7 Å². The zero-order chi connectivity index (χ0) is 20.3. The number of hydrogen-bond donors (Lipinski definition) is 1. The monoisotopic (exact) mass is 380 g/mol. The third-order valence-corrected chi connectivity index (χ3v) is 4.58. The lowest BCUT2D eigenvalue weighted by atomic mass is 10.1. The summed E-state index contributed by atoms with van der Waals surface area (Å²) in [7, 11) is 0. The summed E-state index contributed by atoms with van der Waals surface area (Å²) in [5.74, 6) is -2.39. The Morgan fingerprint density at radius 3 is 2.04 bits per heavy atom. The van der Waals surface area contributed by atoms with Crippen molar-refractivity contribution in [2.24, 2.45) is 0 Å². The molecule has 3 rings (SSSR count). The molecule has 2 aromatic rings. The van der Waals surface area contributed by atoms with Crippen LogP contribution in [0.15, 0.2) is 54.6 Å². The van der Waals surface area contributed by atoms with Gasteiger partial charge in [-0.1, -0.05) is 42.5 Å². The molecule has 0 spiro atoms. The highest BCUT2D eigenvalue weighted by atomic mass is 16.5. The second-order valence-electron chi connectivity index (χ2n) is 6.51. The van der Waals surface area contributed by atoms with Gasteiger partial charge in [-0.3, -0.25) is 19.3 Å². The fourth-order valence-corrected chi connectivity index (χ4v) is 3.03. The van der Waals surface area contributed by atoms with Crippen molar-refractivity contribution in [1.29, 1.82) is 0 Å². The SMILES string of the molecule is C[C@@H](NC(=O)COC(=O)[C@H](C)N1C(=O)c2ccccc2C1=O)c1ccccc1. The standard InChI is InChI=1S/C21H20N2O5/c1-13(15-8-4-3-5-9-15)22-18(24)12-28-21(27)14(2)23-19(25)16-10-6-7-11-17(16)20(23)26/h3-11,13-14H,12H2,1-2H3,(H,22,24)/t13-,14+/m1/s1. The van der Waals surface area contributed by atoms with E-state index in [2.05, 4.69) is 5.32 Å². The van der Waals surface area contributed by atoms with Crippen molar-refractivity contribution in [2.45, 2.75) is 25.9 Å². The number of imide groups is 1. The first-order valence-corrected chi connectivity index (χ1v) is 8.88. The molecule has 0 saturated heterocycles. The van der Waals surface area contributed by atoms with E-state index in [1.165, 1.54) is 19.1 Å². The Morgan fingerprint density at radius 2 is 1.46 bits per heavy atom. The molecule has 28 heavy (non-hydrogen) atoms. The fraction of sp³-hybridized carbons (Fsp3) is 0.238. The summed E-state index contributed by atoms with van der Waals surface area (Å²) in [6, 6.07) is 14.3. The van der Waals surface area contributed by atoms with Crippen LogP contribution in [0.2, 0.25) is 0 Å². The van der Waals surface area contributed by atoms with Crippen molar-refractivity contribution < 1.29 is 23.9 Å². The van der Waals surface area contributed by atoms with Crippen molar-refractivity contribution in [2.75, 3.05) is 6.61 Å². The van der Waals surface area contributed by atoms with E-state index < -0.39 is 36.3 Å². The van der Waals surface area contributed by atoms with Crippen LogP contribution in [0.4, 0.5) is 0 Å². The highest BCUT2D eigenvalue weighted by Crippen LogP contribution is 2.24. The van der Waals surface area contributed by atoms with Gasteiger partial charge in [0.2, 0.25) is 0 Å². The topological polar surface area (TPSA) is 92.8 Å². The van der Waals surface area contributed by atoms with Gasteiger partial charge in [-0.15, -0.1) is 0 Å². The predicted molar refractivity (Wildman–Crippen MR) is 100 cm³/mol. The van der Waals surface area contributed by atoms with Crippen LogP contribution < -0.4 is 5.32 Å². The van der Waals surface area contributed by atoms with Crippen LogP contribution in [0.3, 0.4) is 0 Å². The van der Waals surface area contributed by atoms with E-state index in [4.69, 9.17) is 4.74 Å². The molecule has 0 bridgehead atoms. The highest BCUT2D eigenvalue weighted by Gasteiger charge is 2.41. The Bertz CT molecular complexity index is 890. The summed E-state index contributed by atoms with van der Waals surface area (Å²) in [6.45, 7) is 2.72. The molecule has 1 aliphatic heterocycles. The zero-order valence-electron chi connectivity index (χ0n) is 15.5. The maximum atomic E-state index is 12.4. The molecule has 1 heterocycles. The number of carbonyl (C=O) groups excluding carboxylic acids is 4. The van der Waals surface area contributed by atoms with E-state index in [1.807, 2.05) is 37.3 Å². The smallest absolute Gasteiger partial charge is 0.329 e. The van der Waals surface area contributed by atoms with Crippen molar-refractivity contribution in [3.8, 4) is 0 Å². The van der Waals surface area contributed by atoms with Crippen LogP contribution in [0.5, 0.6) is 0 Å². The number of benzene rings is 2. The number of nitrogens with zero attached hydrogens (tertiary/aromatic N) is 1. The van der Waals surface area contributed by atoms with Crippen molar-refractivity contribution in [1.82, 2.24) is 10.2 Å². The maximum absolute atomic E-state index is 12.4. The minimum Gasteiger partial charge on any atom is -0.454 e. The molecule has 2 atom stereocenters. The number of amides is 3. The van der Waals surface area contributed by atoms with E-state index in [1.54, 1.807) is 12.1 Å². The van der Waals surface area contributed by atoms with E-state index in [9.17, 15) is 19.2 Å². The van der Waals surface area contributed by atoms with Crippen LogP contribution in [-0.2, 0) is 14.3 Å². The first-order valence-electron chi connectivity index (χ1n) is 8.88. The second-order valence-corrected chi connectivity index (χ2v) is 6.51. The van der Waals surface area contributed by atoms with E-state index in [-0.39, 0.29) is 17.2 Å². The van der Waals surface area contributed by atoms with Gasteiger partial charge in [-0.05, 0) is 31.5 Å². The van der Waals surface area contributed by atoms with Gasteiger partial charge in [0.1, 0.15) is 6.04 Å². The predicted octanol–water partition coefficient (Wildman–Crippen LogP) is 2.09. The zero-order valence-corrected chi connectivity index (χ0v) is 15.5. The Balaban J connectivity index is 1.56. The van der Waals surface area contributed by atoms with Gasteiger partial charge in [0.25, 0.3) is 17.7 Å². The molecule has 1 aliphatic rings. The largest absolute Gasteiger partial charge is 0.454 e. The first-order chi connectivity index (χ1) is 13.4. The van der Waals surface area contributed by atoms with E-state index in [0.717, 1.165) is 10.5 Å². The van der Waals surface area contributed by atoms with Crippen LogP contribution in [0.25, 0.3) is 0 Å². The van der Waals surface area contributed by atoms with Crippen LogP contribution in [-0.4, -0.2) is 41.2 Å². The van der Waals surface area contributed by atoms with Crippen LogP contribution >= 0.6 is 0 Å². The molecule has 0 radical (unpaired) electrons. The molecule has 0 aliphatic carbocycles. The molecule has 7 nitrogen and oxygen atoms in total. The molecular weight excluding hydrogens is 360 g/mol. The molecule has 3 amide bonds. The van der Waals surface area contributed by atoms with Crippen LogP contribution in [0, 0.1) is 0 Å². The Kier molecular flexibility index (Phi) is 5.54. The molecule has 0 unspecified atom stereocenters. The Labute approximate surface area is 162 Å². The average Bonchev–Trinajstić information content (AvgIpc) is 2.97. The normalized spacial score (nSPS) is 15.0. The van der Waals surface area contributed by atoms with Crippen LogP contribution in [0.1, 0.15) is 46.2 Å². The molecular formula is C21H20N2O5. The van der Waals surface area contributed by atoms with Crippen molar-refractivity contribution in [3.63, 3.8) is 0 Å². The molecule has 144 valence electrons. The van der Waals surface area contributed by atoms with Gasteiger partial charge in [0.15, 0.2) is 6.61 Å². The van der Waals surface area contributed by atoms with Gasteiger partial charge < -0.3 is 10.1 Å². The van der Waals surface area contributed by atoms with Gasteiger partial charge in [-0.25, -0.2) is 4.79 Å². The average molecular weight is 380 g/mol. The number of ether oxygens (including phenoxy) is 1. The third kappa shape index (κ3) is 3.78. The van der Waals surface area contributed by atoms with E-state index in [0.29, 0.717) is 0 Å². The second kappa shape index (κ2) is 8.04. The third-order valence-electron chi connectivity index (χ3n) is 4.58. The summed E-state index contributed by atoms with van der Waals surface area (Å²) in [4.78, 5) is 50.0. The maximum Gasteiger partial charge on any atom is 0.329 e. The molecule has 0 saturated carbocycles. The lowest BCUT2D eigenvalue weighted by Crippen LogP contribution is -2.44. The minimum atomic E-state index is -1.13. The molecule has 0 fully saturated rings. The van der Waals surface area contributed by atoms with Gasteiger partial charge in [0, 0.05) is 0 Å². The number of hydrogen-bond acceptors (Lipinski definition) is 5. The number of nitrogens with one attached hydrogen (secondary N) is 1. The number of carbonyl (C=O) groups is 4. The quantitative estimate of drug-likeness (QED) is 0.612. The Hall–Kier alpha value is -3.48. The van der Waals surface area contributed by atoms with Gasteiger partial charge in [-0.2, -0.15) is 0 Å². The molecule has 0 aromatic heterocycles. The summed E-state index contributed by atoms with van der Waals surface area (Å²) in [6.07, 6.45) is 0. The van der Waals surface area contributed by atoms with E-state index >= 15 is 0 Å². The summed E-state index contributed by atoms with van der Waals surface area (Å²) in [5.41, 5.74) is 1.42. The van der Waals surface area contributed by atoms with Crippen molar-refractivity contribution in [3.05, 3.63) is 71.3 Å². The number of fused-ring (bicyclic) bond motifs is 1. The number of rotatable bonds is 6. The minimum absolute atomic E-state index is 0.249. The van der Waals surface area contributed by atoms with Gasteiger partial charge >= 0.3 is 5.97 Å². The highest BCUT2D eigenvalue weighted by molar-refractivity contribution is 6.22. The lowest BCUT2D eigenvalue weighted by molar-refractivity contribution is -0.152. The van der Waals surface area contributed by atoms with Gasteiger partial charge in [0.05, 0.1) is 17.2 Å².